The van der Waals surface area contributed by atoms with Crippen LogP contribution in [0.2, 0.25) is 0 Å². The molecule has 6 atom stereocenters. The Hall–Kier alpha value is -5.65. The van der Waals surface area contributed by atoms with Crippen LogP contribution in [0.1, 0.15) is 71.7 Å². The van der Waals surface area contributed by atoms with Crippen molar-refractivity contribution in [1.82, 2.24) is 4.90 Å². The summed E-state index contributed by atoms with van der Waals surface area (Å²) in [5.74, 6) is 3.50. The molecule has 1 aliphatic carbocycles. The Morgan fingerprint density at radius 1 is 0.857 bits per heavy atom. The van der Waals surface area contributed by atoms with Gasteiger partial charge in [-0.15, -0.1) is 0 Å². The standard InChI is InChI=1S/C41H35N3O5/c42-38(46)33-35-39(47)49-36(28-14-8-3-9-15-28)34(27-12-6-2-7-13-27)44(35)37(29-19-21-30(45)22-20-29)41(33)31-24-26(18-23-32(31)43-40(41)48)17-16-25-10-4-1-5-11-25/h2-3,6-10,12-15,18-24,33-37,45H,1,4-5,11H2,(H2,42,46)(H,43,48)/t33-,34-,35-,36+,37+,41-/m0/s1. The first kappa shape index (κ1) is 30.7. The van der Waals surface area contributed by atoms with Gasteiger partial charge in [-0.05, 0) is 83.8 Å². The molecule has 0 bridgehead atoms. The number of ether oxygens (including phenoxy) is 1. The van der Waals surface area contributed by atoms with Crippen LogP contribution in [-0.4, -0.2) is 33.8 Å². The number of esters is 1. The number of fused-ring (bicyclic) bond motifs is 3. The number of allylic oxidation sites excluding steroid dienone is 2. The predicted molar refractivity (Wildman–Crippen MR) is 184 cm³/mol. The molecule has 8 rings (SSSR count). The summed E-state index contributed by atoms with van der Waals surface area (Å²) in [6.45, 7) is 0. The number of hydrogen-bond donors (Lipinski definition) is 3. The highest BCUT2D eigenvalue weighted by Crippen LogP contribution is 2.64. The summed E-state index contributed by atoms with van der Waals surface area (Å²) in [6, 6.07) is 28.6. The molecule has 3 heterocycles. The van der Waals surface area contributed by atoms with E-state index in [9.17, 15) is 19.5 Å². The van der Waals surface area contributed by atoms with Crippen molar-refractivity contribution in [1.29, 1.82) is 0 Å². The Balaban J connectivity index is 1.39. The minimum absolute atomic E-state index is 0.0458. The van der Waals surface area contributed by atoms with Gasteiger partial charge in [-0.2, -0.15) is 0 Å². The van der Waals surface area contributed by atoms with Crippen molar-refractivity contribution in [3.05, 3.63) is 143 Å². The van der Waals surface area contributed by atoms with Crippen molar-refractivity contribution >= 4 is 23.5 Å². The van der Waals surface area contributed by atoms with Crippen molar-refractivity contribution in [2.24, 2.45) is 11.7 Å². The summed E-state index contributed by atoms with van der Waals surface area (Å²) < 4.78 is 6.30. The Labute approximate surface area is 284 Å². The van der Waals surface area contributed by atoms with Gasteiger partial charge in [0.1, 0.15) is 23.3 Å². The van der Waals surface area contributed by atoms with Gasteiger partial charge in [0.25, 0.3) is 0 Å². The van der Waals surface area contributed by atoms with E-state index in [-0.39, 0.29) is 5.75 Å². The number of hydrogen-bond acceptors (Lipinski definition) is 6. The van der Waals surface area contributed by atoms with Gasteiger partial charge < -0.3 is 20.9 Å². The molecule has 0 saturated carbocycles. The number of nitrogens with zero attached hydrogens (tertiary/aromatic N) is 1. The molecule has 4 N–H and O–H groups in total. The first-order chi connectivity index (χ1) is 23.9. The highest BCUT2D eigenvalue weighted by Gasteiger charge is 2.73. The second-order valence-corrected chi connectivity index (χ2v) is 13.2. The van der Waals surface area contributed by atoms with E-state index in [1.807, 2.05) is 83.8 Å². The molecule has 2 amide bonds. The third kappa shape index (κ3) is 4.92. The van der Waals surface area contributed by atoms with Crippen LogP contribution in [0.5, 0.6) is 5.75 Å². The maximum absolute atomic E-state index is 14.8. The van der Waals surface area contributed by atoms with E-state index in [1.54, 1.807) is 24.3 Å². The highest BCUT2D eigenvalue weighted by molar-refractivity contribution is 6.12. The number of nitrogens with one attached hydrogen (secondary N) is 1. The maximum atomic E-state index is 14.8. The number of nitrogens with two attached hydrogens (primary N) is 1. The lowest BCUT2D eigenvalue weighted by Crippen LogP contribution is -2.53. The molecule has 4 aliphatic rings. The Morgan fingerprint density at radius 2 is 1.57 bits per heavy atom. The maximum Gasteiger partial charge on any atom is 0.324 e. The zero-order valence-electron chi connectivity index (χ0n) is 26.7. The lowest BCUT2D eigenvalue weighted by molar-refractivity contribution is -0.178. The molecule has 1 spiro atoms. The SMILES string of the molecule is NC(=O)[C@@H]1[C@H]2C(=O)O[C@H](c3ccccc3)[C@H](c3ccccc3)N2[C@H](c2ccc(O)cc2)[C@@]12C(=O)Nc1ccc(C#CC3=CCCCC3)cc12. The molecule has 8 heteroatoms. The van der Waals surface area contributed by atoms with Crippen LogP contribution in [-0.2, 0) is 24.5 Å². The normalized spacial score (nSPS) is 27.3. The van der Waals surface area contributed by atoms with Gasteiger partial charge in [-0.25, -0.2) is 0 Å². The number of aromatic hydroxyl groups is 1. The molecular formula is C41H35N3O5. The van der Waals surface area contributed by atoms with Crippen molar-refractivity contribution in [2.45, 2.75) is 55.3 Å². The molecule has 49 heavy (non-hydrogen) atoms. The van der Waals surface area contributed by atoms with Crippen molar-refractivity contribution < 1.29 is 24.2 Å². The first-order valence-electron chi connectivity index (χ1n) is 16.7. The Kier molecular flexibility index (Phi) is 7.58. The van der Waals surface area contributed by atoms with Gasteiger partial charge in [-0.3, -0.25) is 19.3 Å². The molecule has 0 unspecified atom stereocenters. The summed E-state index contributed by atoms with van der Waals surface area (Å²) >= 11 is 0. The van der Waals surface area contributed by atoms with E-state index in [0.29, 0.717) is 22.4 Å². The molecule has 4 aromatic carbocycles. The summed E-state index contributed by atoms with van der Waals surface area (Å²) in [5, 5.41) is 13.4. The number of carbonyl (C=O) groups is 3. The molecule has 0 aromatic heterocycles. The van der Waals surface area contributed by atoms with E-state index in [1.165, 1.54) is 0 Å². The Morgan fingerprint density at radius 3 is 2.24 bits per heavy atom. The number of morpholine rings is 1. The van der Waals surface area contributed by atoms with Gasteiger partial charge in [0.15, 0.2) is 0 Å². The number of anilines is 1. The van der Waals surface area contributed by atoms with Crippen molar-refractivity contribution in [2.75, 3.05) is 5.32 Å². The molecule has 0 radical (unpaired) electrons. The fraction of sp³-hybridized carbons (Fsp3) is 0.244. The number of cyclic esters (lactones) is 1. The molecule has 4 aromatic rings. The summed E-state index contributed by atoms with van der Waals surface area (Å²) in [4.78, 5) is 45.1. The van der Waals surface area contributed by atoms with Gasteiger partial charge in [0.05, 0.1) is 18.0 Å². The van der Waals surface area contributed by atoms with Crippen LogP contribution in [0.25, 0.3) is 0 Å². The fourth-order valence-corrected chi connectivity index (χ4v) is 8.46. The monoisotopic (exact) mass is 649 g/mol. The highest BCUT2D eigenvalue weighted by atomic mass is 16.6. The van der Waals surface area contributed by atoms with E-state index < -0.39 is 53.3 Å². The van der Waals surface area contributed by atoms with Crippen LogP contribution in [0.4, 0.5) is 5.69 Å². The lowest BCUT2D eigenvalue weighted by Gasteiger charge is -2.46. The zero-order chi connectivity index (χ0) is 33.7. The number of benzene rings is 4. The van der Waals surface area contributed by atoms with Crippen molar-refractivity contribution in [3.63, 3.8) is 0 Å². The van der Waals surface area contributed by atoms with Crippen LogP contribution in [0, 0.1) is 17.8 Å². The third-order valence-corrected chi connectivity index (χ3v) is 10.5. The first-order valence-corrected chi connectivity index (χ1v) is 16.7. The minimum atomic E-state index is -1.64. The number of amides is 2. The molecule has 8 nitrogen and oxygen atoms in total. The average molecular weight is 650 g/mol. The lowest BCUT2D eigenvalue weighted by atomic mass is 9.65. The summed E-state index contributed by atoms with van der Waals surface area (Å²) in [6.07, 6.45) is 5.60. The quantitative estimate of drug-likeness (QED) is 0.184. The summed E-state index contributed by atoms with van der Waals surface area (Å²) in [7, 11) is 0. The molecule has 244 valence electrons. The molecule has 2 fully saturated rings. The molecule has 2 saturated heterocycles. The molecular weight excluding hydrogens is 614 g/mol. The smallest absolute Gasteiger partial charge is 0.324 e. The van der Waals surface area contributed by atoms with E-state index in [4.69, 9.17) is 10.5 Å². The second kappa shape index (κ2) is 12.1. The average Bonchev–Trinajstić information content (AvgIpc) is 3.61. The van der Waals surface area contributed by atoms with E-state index in [2.05, 4.69) is 23.2 Å². The predicted octanol–water partition coefficient (Wildman–Crippen LogP) is 6.00. The number of primary amides is 1. The van der Waals surface area contributed by atoms with E-state index >= 15 is 0 Å². The number of carbonyl (C=O) groups excluding carboxylic acids is 3. The van der Waals surface area contributed by atoms with Crippen LogP contribution in [0.3, 0.4) is 0 Å². The minimum Gasteiger partial charge on any atom is -0.508 e. The topological polar surface area (TPSA) is 122 Å². The summed E-state index contributed by atoms with van der Waals surface area (Å²) in [5.41, 5.74) is 9.78. The van der Waals surface area contributed by atoms with Gasteiger partial charge in [0, 0.05) is 11.3 Å². The molecule has 3 aliphatic heterocycles. The zero-order valence-corrected chi connectivity index (χ0v) is 26.7. The van der Waals surface area contributed by atoms with Crippen LogP contribution in [0.15, 0.2) is 115 Å². The third-order valence-electron chi connectivity index (χ3n) is 10.5. The van der Waals surface area contributed by atoms with Gasteiger partial charge in [-0.1, -0.05) is 90.7 Å². The van der Waals surface area contributed by atoms with Crippen molar-refractivity contribution in [3.8, 4) is 17.6 Å². The van der Waals surface area contributed by atoms with Gasteiger partial charge in [0.2, 0.25) is 11.8 Å². The largest absolute Gasteiger partial charge is 0.508 e. The van der Waals surface area contributed by atoms with E-state index in [0.717, 1.165) is 42.4 Å². The van der Waals surface area contributed by atoms with Crippen LogP contribution >= 0.6 is 0 Å². The number of phenolic OH excluding ortho intramolecular Hbond substituents is 1. The Bertz CT molecular complexity index is 2050. The number of phenols is 1. The fourth-order valence-electron chi connectivity index (χ4n) is 8.46. The number of rotatable bonds is 4. The van der Waals surface area contributed by atoms with Gasteiger partial charge >= 0.3 is 5.97 Å². The second-order valence-electron chi connectivity index (χ2n) is 13.2. The van der Waals surface area contributed by atoms with Crippen LogP contribution < -0.4 is 11.1 Å².